The third-order valence-corrected chi connectivity index (χ3v) is 6.34. The number of Topliss-reactive ketones (excluding diaryl/α,β-unsaturated/α-hetero) is 1. The molecule has 1 unspecified atom stereocenters. The van der Waals surface area contributed by atoms with Gasteiger partial charge in [-0.25, -0.2) is 22.7 Å². The molecule has 0 aliphatic rings. The van der Waals surface area contributed by atoms with Gasteiger partial charge in [0, 0.05) is 12.2 Å². The molecular weight excluding hydrogens is 424 g/mol. The molecule has 2 rings (SSSR count). The van der Waals surface area contributed by atoms with Crippen LogP contribution in [0, 0.1) is 20.8 Å². The number of H-pyrrole nitrogens is 1. The number of aromatic amines is 1. The van der Waals surface area contributed by atoms with Gasteiger partial charge in [0.15, 0.2) is 6.10 Å². The van der Waals surface area contributed by atoms with Crippen LogP contribution in [0.4, 0.5) is 0 Å². The standard InChI is InChI=1S/C21H26N2O7S/c1-7-22-31(27,28)15-9-8-11(2)16(10-15)20(25)30-14(5)19(24)18-12(3)17(13(4)23-18)21(26)29-6/h8-10,14,22-23H,7H2,1-6H3. The van der Waals surface area contributed by atoms with Crippen molar-refractivity contribution in [2.45, 2.75) is 45.6 Å². The molecule has 1 atom stereocenters. The van der Waals surface area contributed by atoms with Gasteiger partial charge in [-0.2, -0.15) is 0 Å². The van der Waals surface area contributed by atoms with Crippen LogP contribution in [0.5, 0.6) is 0 Å². The number of nitrogens with one attached hydrogen (secondary N) is 2. The number of sulfonamides is 1. The number of methoxy groups -OCH3 is 1. The Kier molecular flexibility index (Phi) is 7.40. The maximum Gasteiger partial charge on any atom is 0.339 e. The van der Waals surface area contributed by atoms with E-state index in [0.717, 1.165) is 0 Å². The Bertz CT molecular complexity index is 1130. The number of aromatic nitrogens is 1. The van der Waals surface area contributed by atoms with Crippen molar-refractivity contribution in [3.63, 3.8) is 0 Å². The third-order valence-electron chi connectivity index (χ3n) is 4.80. The zero-order valence-corrected chi connectivity index (χ0v) is 19.1. The smallest absolute Gasteiger partial charge is 0.339 e. The second-order valence-corrected chi connectivity index (χ2v) is 8.77. The summed E-state index contributed by atoms with van der Waals surface area (Å²) in [5, 5.41) is 0. The topological polar surface area (TPSA) is 132 Å². The van der Waals surface area contributed by atoms with Gasteiger partial charge in [-0.05, 0) is 51.0 Å². The number of benzene rings is 1. The van der Waals surface area contributed by atoms with Gasteiger partial charge in [0.2, 0.25) is 15.8 Å². The number of hydrogen-bond donors (Lipinski definition) is 2. The highest BCUT2D eigenvalue weighted by Crippen LogP contribution is 2.22. The zero-order valence-electron chi connectivity index (χ0n) is 18.3. The van der Waals surface area contributed by atoms with Crippen LogP contribution in [0.15, 0.2) is 23.1 Å². The minimum Gasteiger partial charge on any atom is -0.465 e. The van der Waals surface area contributed by atoms with Crippen LogP contribution in [0.3, 0.4) is 0 Å². The predicted octanol–water partition coefficient (Wildman–Crippen LogP) is 2.45. The first-order valence-corrected chi connectivity index (χ1v) is 11.1. The van der Waals surface area contributed by atoms with E-state index in [4.69, 9.17) is 9.47 Å². The van der Waals surface area contributed by atoms with Gasteiger partial charge in [0.25, 0.3) is 0 Å². The van der Waals surface area contributed by atoms with Crippen molar-refractivity contribution >= 4 is 27.7 Å². The lowest BCUT2D eigenvalue weighted by Crippen LogP contribution is -2.26. The van der Waals surface area contributed by atoms with Crippen molar-refractivity contribution in [3.05, 3.63) is 51.8 Å². The Morgan fingerprint density at radius 3 is 2.35 bits per heavy atom. The zero-order chi connectivity index (χ0) is 23.5. The Morgan fingerprint density at radius 2 is 1.77 bits per heavy atom. The van der Waals surface area contributed by atoms with Gasteiger partial charge in [0.1, 0.15) is 0 Å². The highest BCUT2D eigenvalue weighted by atomic mass is 32.2. The first kappa shape index (κ1) is 24.3. The normalized spacial score (nSPS) is 12.3. The highest BCUT2D eigenvalue weighted by Gasteiger charge is 2.28. The molecular formula is C21H26N2O7S. The minimum atomic E-state index is -3.76. The fourth-order valence-electron chi connectivity index (χ4n) is 3.15. The molecule has 2 N–H and O–H groups in total. The van der Waals surface area contributed by atoms with Gasteiger partial charge >= 0.3 is 11.9 Å². The molecule has 0 saturated carbocycles. The first-order chi connectivity index (χ1) is 14.4. The predicted molar refractivity (Wildman–Crippen MR) is 113 cm³/mol. The molecule has 0 saturated heterocycles. The molecule has 0 bridgehead atoms. The number of rotatable bonds is 8. The van der Waals surface area contributed by atoms with Gasteiger partial charge < -0.3 is 14.5 Å². The van der Waals surface area contributed by atoms with E-state index in [9.17, 15) is 22.8 Å². The number of hydrogen-bond acceptors (Lipinski definition) is 7. The SMILES string of the molecule is CCNS(=O)(=O)c1ccc(C)c(C(=O)OC(C)C(=O)c2[nH]c(C)c(C(=O)OC)c2C)c1. The van der Waals surface area contributed by atoms with E-state index < -0.39 is 33.8 Å². The number of carbonyl (C=O) groups excluding carboxylic acids is 3. The fourth-order valence-corrected chi connectivity index (χ4v) is 4.21. The molecule has 0 aliphatic heterocycles. The molecule has 10 heteroatoms. The van der Waals surface area contributed by atoms with Gasteiger partial charge in [0.05, 0.1) is 28.8 Å². The maximum atomic E-state index is 12.8. The Labute approximate surface area is 181 Å². The minimum absolute atomic E-state index is 0.0354. The maximum absolute atomic E-state index is 12.8. The Morgan fingerprint density at radius 1 is 1.13 bits per heavy atom. The summed E-state index contributed by atoms with van der Waals surface area (Å²) in [6, 6.07) is 4.10. The monoisotopic (exact) mass is 450 g/mol. The number of ether oxygens (including phenoxy) is 2. The second-order valence-electron chi connectivity index (χ2n) is 7.01. The lowest BCUT2D eigenvalue weighted by atomic mass is 10.1. The van der Waals surface area contributed by atoms with E-state index in [1.54, 1.807) is 27.7 Å². The van der Waals surface area contributed by atoms with Crippen molar-refractivity contribution in [2.75, 3.05) is 13.7 Å². The number of ketones is 1. The lowest BCUT2D eigenvalue weighted by molar-refractivity contribution is 0.0315. The molecule has 0 aliphatic carbocycles. The molecule has 1 aromatic heterocycles. The van der Waals surface area contributed by atoms with Crippen LogP contribution in [0.25, 0.3) is 0 Å². The summed E-state index contributed by atoms with van der Waals surface area (Å²) in [5.74, 6) is -1.94. The highest BCUT2D eigenvalue weighted by molar-refractivity contribution is 7.89. The number of esters is 2. The second kappa shape index (κ2) is 9.44. The molecule has 31 heavy (non-hydrogen) atoms. The summed E-state index contributed by atoms with van der Waals surface area (Å²) in [4.78, 5) is 40.2. The molecule has 168 valence electrons. The fraction of sp³-hybridized carbons (Fsp3) is 0.381. The van der Waals surface area contributed by atoms with Crippen molar-refractivity contribution in [1.29, 1.82) is 0 Å². The van der Waals surface area contributed by atoms with Crippen LogP contribution >= 0.6 is 0 Å². The first-order valence-electron chi connectivity index (χ1n) is 9.57. The van der Waals surface area contributed by atoms with Crippen molar-refractivity contribution in [3.8, 4) is 0 Å². The van der Waals surface area contributed by atoms with Crippen LogP contribution < -0.4 is 4.72 Å². The van der Waals surface area contributed by atoms with Crippen LogP contribution in [0.2, 0.25) is 0 Å². The largest absolute Gasteiger partial charge is 0.465 e. The van der Waals surface area contributed by atoms with Crippen LogP contribution in [-0.4, -0.2) is 50.9 Å². The summed E-state index contributed by atoms with van der Waals surface area (Å²) in [6.07, 6.45) is -1.18. The van der Waals surface area contributed by atoms with E-state index in [0.29, 0.717) is 16.8 Å². The summed E-state index contributed by atoms with van der Waals surface area (Å²) < 4.78 is 36.9. The van der Waals surface area contributed by atoms with Crippen molar-refractivity contribution < 1.29 is 32.3 Å². The van der Waals surface area contributed by atoms with E-state index in [-0.39, 0.29) is 28.3 Å². The third kappa shape index (κ3) is 5.02. The van der Waals surface area contributed by atoms with E-state index in [1.807, 2.05) is 0 Å². The van der Waals surface area contributed by atoms with Gasteiger partial charge in [-0.1, -0.05) is 13.0 Å². The molecule has 1 heterocycles. The van der Waals surface area contributed by atoms with E-state index >= 15 is 0 Å². The summed E-state index contributed by atoms with van der Waals surface area (Å²) >= 11 is 0. The van der Waals surface area contributed by atoms with Gasteiger partial charge in [-0.3, -0.25) is 4.79 Å². The Balaban J connectivity index is 2.29. The summed E-state index contributed by atoms with van der Waals surface area (Å²) in [7, 11) is -2.52. The quantitative estimate of drug-likeness (QED) is 0.466. The van der Waals surface area contributed by atoms with Crippen LogP contribution in [-0.2, 0) is 19.5 Å². The molecule has 0 radical (unpaired) electrons. The average Bonchev–Trinajstić information content (AvgIpc) is 3.00. The van der Waals surface area contributed by atoms with Crippen LogP contribution in [0.1, 0.15) is 61.9 Å². The molecule has 9 nitrogen and oxygen atoms in total. The van der Waals surface area contributed by atoms with Crippen molar-refractivity contribution in [2.24, 2.45) is 0 Å². The molecule has 1 aromatic carbocycles. The average molecular weight is 451 g/mol. The van der Waals surface area contributed by atoms with E-state index in [2.05, 4.69) is 9.71 Å². The molecule has 0 spiro atoms. The lowest BCUT2D eigenvalue weighted by Gasteiger charge is -2.14. The Hall–Kier alpha value is -2.98. The number of carbonyl (C=O) groups is 3. The molecule has 0 fully saturated rings. The van der Waals surface area contributed by atoms with Crippen molar-refractivity contribution in [1.82, 2.24) is 9.71 Å². The summed E-state index contributed by atoms with van der Waals surface area (Å²) in [6.45, 7) is 8.10. The molecule has 0 amide bonds. The van der Waals surface area contributed by atoms with Gasteiger partial charge in [-0.15, -0.1) is 0 Å². The van der Waals surface area contributed by atoms with E-state index in [1.165, 1.54) is 32.2 Å². The molecule has 2 aromatic rings. The summed E-state index contributed by atoms with van der Waals surface area (Å²) in [5.41, 5.74) is 1.78. The number of aryl methyl sites for hydroxylation is 2.